The first kappa shape index (κ1) is 33.3. The number of carbonyl (C=O) groups is 2. The maximum Gasteiger partial charge on any atom is 0.243 e. The van der Waals surface area contributed by atoms with Crippen LogP contribution in [0.2, 0.25) is 0 Å². The Labute approximate surface area is 274 Å². The number of hydrogen-bond acceptors (Lipinski definition) is 8. The van der Waals surface area contributed by atoms with Crippen molar-refractivity contribution < 1.29 is 23.8 Å². The maximum absolute atomic E-state index is 13.9. The zero-order valence-corrected chi connectivity index (χ0v) is 28.0. The van der Waals surface area contributed by atoms with Gasteiger partial charge in [-0.15, -0.1) is 0 Å². The van der Waals surface area contributed by atoms with Crippen LogP contribution in [0.5, 0.6) is 17.2 Å². The minimum Gasteiger partial charge on any atom is -0.493 e. The van der Waals surface area contributed by atoms with Crippen LogP contribution < -0.4 is 35.6 Å². The van der Waals surface area contributed by atoms with Crippen molar-refractivity contribution in [1.82, 2.24) is 20.2 Å². The molecule has 0 bridgehead atoms. The molecule has 47 heavy (non-hydrogen) atoms. The van der Waals surface area contributed by atoms with E-state index < -0.39 is 12.1 Å². The Hall–Kier alpha value is -5.06. The Morgan fingerprint density at radius 2 is 1.79 bits per heavy atom. The lowest BCUT2D eigenvalue weighted by Crippen LogP contribution is -2.44. The van der Waals surface area contributed by atoms with E-state index in [1.807, 2.05) is 61.9 Å². The van der Waals surface area contributed by atoms with Gasteiger partial charge in [0.1, 0.15) is 11.9 Å². The van der Waals surface area contributed by atoms with Crippen LogP contribution in [0, 0.1) is 5.92 Å². The number of fused-ring (bicyclic) bond motifs is 4. The summed E-state index contributed by atoms with van der Waals surface area (Å²) in [6.45, 7) is 5.68. The largest absolute Gasteiger partial charge is 0.493 e. The molecule has 1 aromatic heterocycles. The smallest absolute Gasteiger partial charge is 0.243 e. The molecule has 4 aromatic rings. The maximum atomic E-state index is 13.9. The van der Waals surface area contributed by atoms with E-state index in [-0.39, 0.29) is 35.4 Å². The van der Waals surface area contributed by atoms with Crippen LogP contribution in [0.15, 0.2) is 53.3 Å². The Bertz CT molecular complexity index is 1870. The number of para-hydroxylation sites is 2. The number of aromatic nitrogens is 2. The molecule has 1 aliphatic carbocycles. The van der Waals surface area contributed by atoms with Gasteiger partial charge >= 0.3 is 0 Å². The molecule has 1 aliphatic rings. The zero-order chi connectivity index (χ0) is 33.8. The number of hydrogen-bond donors (Lipinski definition) is 3. The van der Waals surface area contributed by atoms with Crippen LogP contribution in [0.4, 0.5) is 5.69 Å². The molecule has 3 N–H and O–H groups in total. The van der Waals surface area contributed by atoms with E-state index in [9.17, 15) is 14.4 Å². The van der Waals surface area contributed by atoms with Gasteiger partial charge in [-0.05, 0) is 65.8 Å². The molecule has 3 aromatic carbocycles. The number of aryl methyl sites for hydroxylation is 2. The number of nitrogens with zero attached hydrogens (tertiary/aromatic N) is 2. The van der Waals surface area contributed by atoms with Crippen molar-refractivity contribution in [3.05, 3.63) is 75.7 Å². The van der Waals surface area contributed by atoms with Crippen LogP contribution in [0.1, 0.15) is 56.6 Å². The summed E-state index contributed by atoms with van der Waals surface area (Å²) in [6.07, 6.45) is 1.85. The van der Waals surface area contributed by atoms with Gasteiger partial charge < -0.3 is 34.7 Å². The minimum atomic E-state index is -0.693. The molecule has 0 radical (unpaired) electrons. The first-order valence-electron chi connectivity index (χ1n) is 15.8. The topological polar surface area (TPSA) is 133 Å². The highest BCUT2D eigenvalue weighted by atomic mass is 16.5. The minimum absolute atomic E-state index is 0.0946. The third-order valence-corrected chi connectivity index (χ3v) is 9.02. The number of ether oxygens (including phenoxy) is 3. The number of amides is 2. The first-order chi connectivity index (χ1) is 22.6. The molecule has 11 heteroatoms. The average molecular weight is 642 g/mol. The summed E-state index contributed by atoms with van der Waals surface area (Å²) < 4.78 is 19.2. The highest BCUT2D eigenvalue weighted by molar-refractivity contribution is 5.86. The number of methoxy groups -OCH3 is 3. The van der Waals surface area contributed by atoms with Crippen LogP contribution in [-0.2, 0) is 29.6 Å². The fourth-order valence-corrected chi connectivity index (χ4v) is 6.33. The van der Waals surface area contributed by atoms with Crippen molar-refractivity contribution >= 4 is 28.5 Å². The van der Waals surface area contributed by atoms with E-state index >= 15 is 0 Å². The molecule has 0 saturated carbocycles. The van der Waals surface area contributed by atoms with E-state index in [1.165, 1.54) is 6.92 Å². The standard InChI is InChI=1S/C36H43N5O6/c1-8-20(2)33(36(44)37-19-31-39-26-11-9-10-12-28(26)41(31)4)40-27-16-14-23-24(18-29(27)43)25(38-21(3)42)15-13-22-17-30(45-5)34(46-6)35(47-7)32(22)23/h9-12,14,16-18,20,25,33H,8,13,15,19H2,1-7H3,(H,37,44)(H,38,42)(H,40,43)/t20-,25-,33-/m0/s1. The average Bonchev–Trinajstić information content (AvgIpc) is 3.20. The summed E-state index contributed by atoms with van der Waals surface area (Å²) in [4.78, 5) is 44.6. The molecule has 2 amide bonds. The lowest BCUT2D eigenvalue weighted by atomic mass is 9.95. The molecule has 3 atom stereocenters. The van der Waals surface area contributed by atoms with E-state index in [0.717, 1.165) is 28.0 Å². The van der Waals surface area contributed by atoms with Crippen molar-refractivity contribution in [2.45, 2.75) is 58.7 Å². The highest BCUT2D eigenvalue weighted by Crippen LogP contribution is 2.50. The van der Waals surface area contributed by atoms with Crippen LogP contribution in [0.3, 0.4) is 0 Å². The number of nitrogens with one attached hydrogen (secondary N) is 3. The number of carbonyl (C=O) groups excluding carboxylic acids is 2. The number of rotatable bonds is 11. The lowest BCUT2D eigenvalue weighted by Gasteiger charge is -2.24. The molecule has 248 valence electrons. The van der Waals surface area contributed by atoms with Crippen molar-refractivity contribution in [2.24, 2.45) is 13.0 Å². The van der Waals surface area contributed by atoms with Gasteiger partial charge in [0.15, 0.2) is 11.5 Å². The predicted octanol–water partition coefficient (Wildman–Crippen LogP) is 4.89. The number of imidazole rings is 1. The number of anilines is 1. The summed E-state index contributed by atoms with van der Waals surface area (Å²) in [5, 5.41) is 9.33. The second-order valence-electron chi connectivity index (χ2n) is 11.9. The first-order valence-corrected chi connectivity index (χ1v) is 15.8. The predicted molar refractivity (Wildman–Crippen MR) is 182 cm³/mol. The summed E-state index contributed by atoms with van der Waals surface area (Å²) in [6, 6.07) is 13.7. The second kappa shape index (κ2) is 14.1. The normalized spacial score (nSPS) is 15.0. The van der Waals surface area contributed by atoms with Crippen molar-refractivity contribution in [3.63, 3.8) is 0 Å². The summed E-state index contributed by atoms with van der Waals surface area (Å²) in [5.41, 5.74) is 4.85. The fraction of sp³-hybridized carbons (Fsp3) is 0.389. The Balaban J connectivity index is 1.55. The quantitative estimate of drug-likeness (QED) is 0.211. The van der Waals surface area contributed by atoms with E-state index in [0.29, 0.717) is 47.6 Å². The van der Waals surface area contributed by atoms with Gasteiger partial charge in [0.2, 0.25) is 23.0 Å². The molecule has 0 fully saturated rings. The van der Waals surface area contributed by atoms with Gasteiger partial charge in [-0.25, -0.2) is 4.98 Å². The molecule has 0 saturated heterocycles. The Morgan fingerprint density at radius 1 is 1.04 bits per heavy atom. The van der Waals surface area contributed by atoms with Crippen LogP contribution >= 0.6 is 0 Å². The summed E-state index contributed by atoms with van der Waals surface area (Å²) in [7, 11) is 6.60. The van der Waals surface area contributed by atoms with Gasteiger partial charge in [-0.2, -0.15) is 0 Å². The van der Waals surface area contributed by atoms with E-state index in [4.69, 9.17) is 14.2 Å². The van der Waals surface area contributed by atoms with Gasteiger partial charge in [0, 0.05) is 19.5 Å². The van der Waals surface area contributed by atoms with Gasteiger partial charge in [0.25, 0.3) is 0 Å². The van der Waals surface area contributed by atoms with Gasteiger partial charge in [-0.1, -0.05) is 38.5 Å². The third-order valence-electron chi connectivity index (χ3n) is 9.02. The number of benzene rings is 2. The molecule has 1 heterocycles. The van der Waals surface area contributed by atoms with Crippen LogP contribution in [0.25, 0.3) is 22.2 Å². The van der Waals surface area contributed by atoms with Crippen LogP contribution in [-0.4, -0.2) is 48.7 Å². The molecule has 0 spiro atoms. The summed E-state index contributed by atoms with van der Waals surface area (Å²) >= 11 is 0. The highest BCUT2D eigenvalue weighted by Gasteiger charge is 2.30. The fourth-order valence-electron chi connectivity index (χ4n) is 6.33. The van der Waals surface area contributed by atoms with Crippen molar-refractivity contribution in [1.29, 1.82) is 0 Å². The molecule has 5 rings (SSSR count). The molecular formula is C36H43N5O6. The van der Waals surface area contributed by atoms with E-state index in [2.05, 4.69) is 20.9 Å². The monoisotopic (exact) mass is 641 g/mol. The zero-order valence-electron chi connectivity index (χ0n) is 28.0. The molecule has 0 aliphatic heterocycles. The molecule has 0 unspecified atom stereocenters. The SMILES string of the molecule is CC[C@H](C)[C@H](Nc1ccc2c(cc1=O)[C@@H](NC(C)=O)CCc1cc(OC)c(OC)c(OC)c1-2)C(=O)NCc1nc2ccccc2n1C. The van der Waals surface area contributed by atoms with Crippen molar-refractivity contribution in [3.8, 4) is 28.4 Å². The van der Waals surface area contributed by atoms with Crippen molar-refractivity contribution in [2.75, 3.05) is 26.6 Å². The lowest BCUT2D eigenvalue weighted by molar-refractivity contribution is -0.123. The Morgan fingerprint density at radius 3 is 2.45 bits per heavy atom. The van der Waals surface area contributed by atoms with Gasteiger partial charge in [-0.3, -0.25) is 14.4 Å². The second-order valence-corrected chi connectivity index (χ2v) is 11.9. The molecular weight excluding hydrogens is 598 g/mol. The van der Waals surface area contributed by atoms with E-state index in [1.54, 1.807) is 33.5 Å². The van der Waals surface area contributed by atoms with Gasteiger partial charge in [0.05, 0.1) is 50.6 Å². The Kier molecular flexibility index (Phi) is 10.0. The molecule has 11 nitrogen and oxygen atoms in total. The summed E-state index contributed by atoms with van der Waals surface area (Å²) in [5.74, 6) is 1.61. The third kappa shape index (κ3) is 6.61.